The maximum absolute atomic E-state index is 13.1. The molecule has 112 valence electrons. The fourth-order valence-electron chi connectivity index (χ4n) is 2.22. The Morgan fingerprint density at radius 3 is 2.57 bits per heavy atom. The lowest BCUT2D eigenvalue weighted by atomic mass is 9.89. The van der Waals surface area contributed by atoms with Crippen molar-refractivity contribution >= 4 is 23.3 Å². The van der Waals surface area contributed by atoms with E-state index in [0.717, 1.165) is 5.56 Å². The van der Waals surface area contributed by atoms with Gasteiger partial charge in [-0.15, -0.1) is 0 Å². The van der Waals surface area contributed by atoms with Gasteiger partial charge in [0.15, 0.2) is 5.11 Å². The number of rotatable bonds is 3. The molecule has 2 atom stereocenters. The van der Waals surface area contributed by atoms with Crippen molar-refractivity contribution in [3.05, 3.63) is 47.9 Å². The van der Waals surface area contributed by atoms with Crippen LogP contribution in [0.2, 0.25) is 0 Å². The highest BCUT2D eigenvalue weighted by molar-refractivity contribution is 7.80. The second kappa shape index (κ2) is 6.22. The molecule has 1 aromatic rings. The summed E-state index contributed by atoms with van der Waals surface area (Å²) >= 11 is 5.10. The summed E-state index contributed by atoms with van der Waals surface area (Å²) in [5, 5.41) is 6.25. The molecular formula is C15H17FN2O2S. The second-order valence-electron chi connectivity index (χ2n) is 5.12. The third-order valence-electron chi connectivity index (χ3n) is 3.10. The van der Waals surface area contributed by atoms with Crippen molar-refractivity contribution in [1.82, 2.24) is 10.6 Å². The van der Waals surface area contributed by atoms with Crippen LogP contribution in [0.15, 0.2) is 36.5 Å². The minimum absolute atomic E-state index is 0.229. The third kappa shape index (κ3) is 3.58. The number of hydrogen-bond donors (Lipinski definition) is 2. The van der Waals surface area contributed by atoms with E-state index in [9.17, 15) is 9.18 Å². The molecule has 1 aliphatic rings. The average Bonchev–Trinajstić information content (AvgIpc) is 2.37. The average molecular weight is 308 g/mol. The molecule has 1 aromatic carbocycles. The third-order valence-corrected chi connectivity index (χ3v) is 3.32. The summed E-state index contributed by atoms with van der Waals surface area (Å²) in [4.78, 5) is 12.3. The fraction of sp³-hybridized carbons (Fsp3) is 0.333. The van der Waals surface area contributed by atoms with Crippen LogP contribution in [0.5, 0.6) is 0 Å². The van der Waals surface area contributed by atoms with E-state index in [1.54, 1.807) is 26.0 Å². The van der Waals surface area contributed by atoms with Crippen LogP contribution in [-0.4, -0.2) is 17.2 Å². The van der Waals surface area contributed by atoms with Crippen LogP contribution < -0.4 is 10.6 Å². The molecule has 21 heavy (non-hydrogen) atoms. The Bertz CT molecular complexity index is 572. The van der Waals surface area contributed by atoms with Gasteiger partial charge in [0.1, 0.15) is 11.7 Å². The lowest BCUT2D eigenvalue weighted by Crippen LogP contribution is -2.51. The molecule has 0 bridgehead atoms. The second-order valence-corrected chi connectivity index (χ2v) is 5.52. The monoisotopic (exact) mass is 308 g/mol. The van der Waals surface area contributed by atoms with Gasteiger partial charge in [-0.3, -0.25) is 4.79 Å². The van der Waals surface area contributed by atoms with Crippen LogP contribution in [0, 0.1) is 11.7 Å². The van der Waals surface area contributed by atoms with E-state index >= 15 is 0 Å². The van der Waals surface area contributed by atoms with Crippen LogP contribution in [-0.2, 0) is 9.53 Å². The Labute approximate surface area is 128 Å². The summed E-state index contributed by atoms with van der Waals surface area (Å²) in [5.41, 5.74) is 1.21. The first kappa shape index (κ1) is 15.4. The zero-order valence-electron chi connectivity index (χ0n) is 11.9. The molecule has 2 N–H and O–H groups in total. The predicted molar refractivity (Wildman–Crippen MR) is 81.9 cm³/mol. The van der Waals surface area contributed by atoms with E-state index in [4.69, 9.17) is 17.0 Å². The molecule has 1 aliphatic heterocycles. The zero-order chi connectivity index (χ0) is 15.6. The molecule has 4 nitrogen and oxygen atoms in total. The molecule has 1 heterocycles. The zero-order valence-corrected chi connectivity index (χ0v) is 12.7. The number of nitrogens with one attached hydrogen (secondary N) is 2. The summed E-state index contributed by atoms with van der Waals surface area (Å²) in [5.74, 6) is -1.37. The first-order chi connectivity index (χ1) is 9.88. The molecular weight excluding hydrogens is 291 g/mol. The van der Waals surface area contributed by atoms with Crippen molar-refractivity contribution in [2.24, 2.45) is 5.92 Å². The van der Waals surface area contributed by atoms with E-state index in [0.29, 0.717) is 10.8 Å². The van der Waals surface area contributed by atoms with E-state index in [-0.39, 0.29) is 11.9 Å². The SMILES string of the molecule is C=C1NC(=S)NC(c2ccc(F)cc2)C1C(=O)OC(C)C. The number of benzene rings is 1. The summed E-state index contributed by atoms with van der Waals surface area (Å²) in [6, 6.07) is 5.48. The van der Waals surface area contributed by atoms with Gasteiger partial charge in [-0.05, 0) is 43.8 Å². The van der Waals surface area contributed by atoms with Crippen LogP contribution in [0.3, 0.4) is 0 Å². The van der Waals surface area contributed by atoms with E-state index in [1.807, 2.05) is 0 Å². The maximum atomic E-state index is 13.1. The standard InChI is InChI=1S/C15H17FN2O2S/c1-8(2)20-14(19)12-9(3)17-15(21)18-13(12)10-4-6-11(16)7-5-10/h4-8,12-13H,3H2,1-2H3,(H2,17,18,21). The van der Waals surface area contributed by atoms with Gasteiger partial charge in [-0.2, -0.15) is 0 Å². The number of ether oxygens (including phenoxy) is 1. The first-order valence-corrected chi connectivity index (χ1v) is 7.01. The largest absolute Gasteiger partial charge is 0.462 e. The van der Waals surface area contributed by atoms with Crippen molar-refractivity contribution in [2.75, 3.05) is 0 Å². The van der Waals surface area contributed by atoms with Gasteiger partial charge in [0, 0.05) is 5.70 Å². The molecule has 6 heteroatoms. The number of thiocarbonyl (C=S) groups is 1. The van der Waals surface area contributed by atoms with E-state index in [2.05, 4.69) is 17.2 Å². The lowest BCUT2D eigenvalue weighted by molar-refractivity contribution is -0.152. The van der Waals surface area contributed by atoms with E-state index < -0.39 is 17.9 Å². The topological polar surface area (TPSA) is 50.4 Å². The summed E-state index contributed by atoms with van der Waals surface area (Å²) in [6.07, 6.45) is -0.229. The van der Waals surface area contributed by atoms with Crippen LogP contribution in [0.4, 0.5) is 4.39 Å². The molecule has 2 rings (SSSR count). The van der Waals surface area contributed by atoms with Gasteiger partial charge in [0.25, 0.3) is 0 Å². The van der Waals surface area contributed by atoms with Crippen molar-refractivity contribution in [2.45, 2.75) is 26.0 Å². The quantitative estimate of drug-likeness (QED) is 0.663. The minimum atomic E-state index is -0.635. The van der Waals surface area contributed by atoms with Crippen LogP contribution in [0.25, 0.3) is 0 Å². The highest BCUT2D eigenvalue weighted by atomic mass is 32.1. The van der Waals surface area contributed by atoms with Gasteiger partial charge in [-0.25, -0.2) is 4.39 Å². The highest BCUT2D eigenvalue weighted by Gasteiger charge is 2.38. The summed E-state index contributed by atoms with van der Waals surface area (Å²) in [6.45, 7) is 7.41. The van der Waals surface area contributed by atoms with Gasteiger partial charge in [0.05, 0.1) is 12.1 Å². The van der Waals surface area contributed by atoms with E-state index in [1.165, 1.54) is 12.1 Å². The number of esters is 1. The number of halogens is 1. The van der Waals surface area contributed by atoms with Crippen molar-refractivity contribution in [3.8, 4) is 0 Å². The Hall–Kier alpha value is -1.95. The first-order valence-electron chi connectivity index (χ1n) is 6.60. The predicted octanol–water partition coefficient (Wildman–Crippen LogP) is 2.43. The van der Waals surface area contributed by atoms with Crippen molar-refractivity contribution < 1.29 is 13.9 Å². The van der Waals surface area contributed by atoms with Gasteiger partial charge in [0.2, 0.25) is 0 Å². The Morgan fingerprint density at radius 2 is 2.00 bits per heavy atom. The Morgan fingerprint density at radius 1 is 1.38 bits per heavy atom. The van der Waals surface area contributed by atoms with Gasteiger partial charge >= 0.3 is 5.97 Å². The number of carbonyl (C=O) groups is 1. The number of carbonyl (C=O) groups excluding carboxylic acids is 1. The minimum Gasteiger partial charge on any atom is -0.462 e. The number of hydrogen-bond acceptors (Lipinski definition) is 3. The summed E-state index contributed by atoms with van der Waals surface area (Å²) in [7, 11) is 0. The van der Waals surface area contributed by atoms with Gasteiger partial charge in [-0.1, -0.05) is 18.7 Å². The molecule has 0 saturated carbocycles. The molecule has 0 amide bonds. The Kier molecular flexibility index (Phi) is 4.57. The molecule has 0 radical (unpaired) electrons. The fourth-order valence-corrected chi connectivity index (χ4v) is 2.47. The van der Waals surface area contributed by atoms with Crippen LogP contribution >= 0.6 is 12.2 Å². The Balaban J connectivity index is 2.32. The molecule has 0 aromatic heterocycles. The normalized spacial score (nSPS) is 21.7. The molecule has 1 saturated heterocycles. The maximum Gasteiger partial charge on any atom is 0.317 e. The van der Waals surface area contributed by atoms with Crippen molar-refractivity contribution in [1.29, 1.82) is 0 Å². The molecule has 0 spiro atoms. The highest BCUT2D eigenvalue weighted by Crippen LogP contribution is 2.30. The van der Waals surface area contributed by atoms with Gasteiger partial charge < -0.3 is 15.4 Å². The molecule has 2 unspecified atom stereocenters. The van der Waals surface area contributed by atoms with Crippen molar-refractivity contribution in [3.63, 3.8) is 0 Å². The lowest BCUT2D eigenvalue weighted by Gasteiger charge is -2.35. The molecule has 1 fully saturated rings. The summed E-state index contributed by atoms with van der Waals surface area (Å²) < 4.78 is 18.3. The molecule has 0 aliphatic carbocycles. The smallest absolute Gasteiger partial charge is 0.317 e. The van der Waals surface area contributed by atoms with Crippen LogP contribution in [0.1, 0.15) is 25.5 Å².